The van der Waals surface area contributed by atoms with Crippen LogP contribution < -0.4 is 4.90 Å². The largest absolute Gasteiger partial charge is 0.354 e. The molecule has 1 aliphatic rings. The number of nitrogens with zero attached hydrogens (tertiary/aromatic N) is 3. The fourth-order valence-electron chi connectivity index (χ4n) is 5.47. The van der Waals surface area contributed by atoms with Crippen LogP contribution in [0.1, 0.15) is 48.0 Å². The Morgan fingerprint density at radius 1 is 0.622 bits per heavy atom. The van der Waals surface area contributed by atoms with Gasteiger partial charge in [-0.25, -0.2) is 4.98 Å². The lowest BCUT2D eigenvalue weighted by atomic mass is 9.75. The molecule has 188 valence electrons. The maximum Gasteiger partial charge on any atom is 0.186 e. The Hall–Kier alpha value is -3.76. The summed E-state index contributed by atoms with van der Waals surface area (Å²) in [7, 11) is 0. The number of piperazine rings is 1. The third kappa shape index (κ3) is 4.82. The fraction of sp³-hybridized carbons (Fsp3) is 0.273. The first-order chi connectivity index (χ1) is 17.9. The van der Waals surface area contributed by atoms with Crippen molar-refractivity contribution in [3.8, 4) is 0 Å². The Kier molecular flexibility index (Phi) is 6.94. The number of anilines is 1. The molecule has 37 heavy (non-hydrogen) atoms. The van der Waals surface area contributed by atoms with Gasteiger partial charge in [0.2, 0.25) is 0 Å². The molecular weight excluding hydrogens is 454 g/mol. The van der Waals surface area contributed by atoms with E-state index < -0.39 is 11.0 Å². The van der Waals surface area contributed by atoms with Gasteiger partial charge in [0.1, 0.15) is 11.5 Å². The monoisotopic (exact) mass is 489 g/mol. The first-order valence-electron chi connectivity index (χ1n) is 13.1. The van der Waals surface area contributed by atoms with Crippen molar-refractivity contribution >= 4 is 11.6 Å². The van der Waals surface area contributed by atoms with Crippen molar-refractivity contribution in [2.75, 3.05) is 31.1 Å². The minimum Gasteiger partial charge on any atom is -0.354 e. The molecule has 1 aromatic heterocycles. The van der Waals surface area contributed by atoms with Crippen molar-refractivity contribution in [1.82, 2.24) is 9.88 Å². The molecule has 0 atom stereocenters. The van der Waals surface area contributed by atoms with E-state index in [-0.39, 0.29) is 5.78 Å². The van der Waals surface area contributed by atoms with Crippen molar-refractivity contribution in [2.45, 2.75) is 26.3 Å². The minimum atomic E-state index is -0.453. The molecular formula is C33H35N3O. The predicted octanol–water partition coefficient (Wildman–Crippen LogP) is 6.42. The van der Waals surface area contributed by atoms with E-state index in [1.54, 1.807) is 0 Å². The van der Waals surface area contributed by atoms with Crippen LogP contribution in [0.2, 0.25) is 0 Å². The van der Waals surface area contributed by atoms with Crippen molar-refractivity contribution < 1.29 is 4.79 Å². The highest BCUT2D eigenvalue weighted by Crippen LogP contribution is 2.43. The van der Waals surface area contributed by atoms with Gasteiger partial charge in [0.05, 0.1) is 5.54 Å². The van der Waals surface area contributed by atoms with Crippen molar-refractivity contribution in [1.29, 1.82) is 0 Å². The Labute approximate surface area is 220 Å². The highest BCUT2D eigenvalue weighted by molar-refractivity contribution is 5.98. The Balaban J connectivity index is 1.51. The highest BCUT2D eigenvalue weighted by atomic mass is 16.1. The molecule has 1 aliphatic heterocycles. The van der Waals surface area contributed by atoms with Gasteiger partial charge in [0.25, 0.3) is 0 Å². The van der Waals surface area contributed by atoms with E-state index in [9.17, 15) is 4.79 Å². The average molecular weight is 490 g/mol. The summed E-state index contributed by atoms with van der Waals surface area (Å²) >= 11 is 0. The standard InChI is InChI=1S/C33H35N3O/c1-32(2,3)31(37)29-20-13-21-30(34-29)35-22-24-36(25-23-35)33(26-14-7-4-8-15-26,27-16-9-5-10-17-27)28-18-11-6-12-19-28/h4-21H,22-25H2,1-3H3. The zero-order chi connectivity index (χ0) is 25.9. The van der Waals surface area contributed by atoms with Crippen molar-refractivity contribution in [2.24, 2.45) is 5.41 Å². The number of carbonyl (C=O) groups is 1. The van der Waals surface area contributed by atoms with Crippen LogP contribution >= 0.6 is 0 Å². The quantitative estimate of drug-likeness (QED) is 0.231. The lowest BCUT2D eigenvalue weighted by Crippen LogP contribution is -2.56. The first kappa shape index (κ1) is 24.9. The number of benzene rings is 3. The second kappa shape index (κ2) is 10.3. The Morgan fingerprint density at radius 2 is 1.08 bits per heavy atom. The van der Waals surface area contributed by atoms with Crippen LogP contribution in [-0.2, 0) is 5.54 Å². The van der Waals surface area contributed by atoms with E-state index in [1.165, 1.54) is 16.7 Å². The van der Waals surface area contributed by atoms with Gasteiger partial charge in [-0.3, -0.25) is 9.69 Å². The van der Waals surface area contributed by atoms with Crippen LogP contribution in [-0.4, -0.2) is 41.8 Å². The van der Waals surface area contributed by atoms with Gasteiger partial charge >= 0.3 is 0 Å². The average Bonchev–Trinajstić information content (AvgIpc) is 2.95. The molecule has 2 heterocycles. The molecule has 0 unspecified atom stereocenters. The van der Waals surface area contributed by atoms with E-state index in [4.69, 9.17) is 4.98 Å². The normalized spacial score (nSPS) is 14.9. The number of hydrogen-bond acceptors (Lipinski definition) is 4. The first-order valence-corrected chi connectivity index (χ1v) is 13.1. The molecule has 0 spiro atoms. The molecule has 0 radical (unpaired) electrons. The molecule has 0 aliphatic carbocycles. The third-order valence-corrected chi connectivity index (χ3v) is 7.30. The third-order valence-electron chi connectivity index (χ3n) is 7.30. The molecule has 4 aromatic rings. The van der Waals surface area contributed by atoms with Gasteiger partial charge in [-0.15, -0.1) is 0 Å². The van der Waals surface area contributed by atoms with E-state index in [0.717, 1.165) is 32.0 Å². The van der Waals surface area contributed by atoms with Gasteiger partial charge in [0.15, 0.2) is 5.78 Å². The molecule has 0 bridgehead atoms. The van der Waals surface area contributed by atoms with Crippen LogP contribution in [0.15, 0.2) is 109 Å². The molecule has 3 aromatic carbocycles. The number of aromatic nitrogens is 1. The predicted molar refractivity (Wildman–Crippen MR) is 151 cm³/mol. The SMILES string of the molecule is CC(C)(C)C(=O)c1cccc(N2CCN(C(c3ccccc3)(c3ccccc3)c3ccccc3)CC2)n1. The van der Waals surface area contributed by atoms with Crippen LogP contribution in [0, 0.1) is 5.41 Å². The van der Waals surface area contributed by atoms with Gasteiger partial charge in [-0.2, -0.15) is 0 Å². The number of Topliss-reactive ketones (excluding diaryl/α,β-unsaturated/α-hetero) is 1. The molecule has 1 fully saturated rings. The molecule has 0 N–H and O–H groups in total. The molecule has 0 amide bonds. The summed E-state index contributed by atoms with van der Waals surface area (Å²) in [5.41, 5.74) is 3.46. The van der Waals surface area contributed by atoms with Crippen LogP contribution in [0.5, 0.6) is 0 Å². The molecule has 0 saturated carbocycles. The summed E-state index contributed by atoms with van der Waals surface area (Å²) in [6.07, 6.45) is 0. The topological polar surface area (TPSA) is 36.4 Å². The smallest absolute Gasteiger partial charge is 0.186 e. The molecule has 4 nitrogen and oxygen atoms in total. The van der Waals surface area contributed by atoms with Gasteiger partial charge in [-0.1, -0.05) is 118 Å². The zero-order valence-electron chi connectivity index (χ0n) is 22.0. The number of pyridine rings is 1. The van der Waals surface area contributed by atoms with E-state index >= 15 is 0 Å². The fourth-order valence-corrected chi connectivity index (χ4v) is 5.47. The number of hydrogen-bond donors (Lipinski definition) is 0. The Bertz CT molecular complexity index is 1230. The lowest BCUT2D eigenvalue weighted by molar-refractivity contribution is 0.0853. The summed E-state index contributed by atoms with van der Waals surface area (Å²) in [5.74, 6) is 0.948. The van der Waals surface area contributed by atoms with Crippen LogP contribution in [0.4, 0.5) is 5.82 Å². The van der Waals surface area contributed by atoms with Gasteiger partial charge in [0, 0.05) is 31.6 Å². The summed E-state index contributed by atoms with van der Waals surface area (Å²) < 4.78 is 0. The summed E-state index contributed by atoms with van der Waals surface area (Å²) in [5, 5.41) is 0. The number of carbonyl (C=O) groups excluding carboxylic acids is 1. The van der Waals surface area contributed by atoms with E-state index in [0.29, 0.717) is 5.69 Å². The van der Waals surface area contributed by atoms with E-state index in [1.807, 2.05) is 39.0 Å². The lowest BCUT2D eigenvalue weighted by Gasteiger charge is -2.49. The summed E-state index contributed by atoms with van der Waals surface area (Å²) in [6.45, 7) is 9.20. The minimum absolute atomic E-state index is 0.0734. The number of rotatable bonds is 6. The second-order valence-corrected chi connectivity index (χ2v) is 10.7. The van der Waals surface area contributed by atoms with Crippen molar-refractivity contribution in [3.63, 3.8) is 0 Å². The number of ketones is 1. The summed E-state index contributed by atoms with van der Waals surface area (Å²) in [6, 6.07) is 38.3. The maximum absolute atomic E-state index is 12.9. The van der Waals surface area contributed by atoms with Gasteiger partial charge < -0.3 is 4.90 Å². The molecule has 1 saturated heterocycles. The highest BCUT2D eigenvalue weighted by Gasteiger charge is 2.43. The van der Waals surface area contributed by atoms with Crippen LogP contribution in [0.3, 0.4) is 0 Å². The van der Waals surface area contributed by atoms with E-state index in [2.05, 4.69) is 101 Å². The maximum atomic E-state index is 12.9. The summed E-state index contributed by atoms with van der Waals surface area (Å²) in [4.78, 5) is 22.6. The molecule has 5 rings (SSSR count). The van der Waals surface area contributed by atoms with Gasteiger partial charge in [-0.05, 0) is 28.8 Å². The van der Waals surface area contributed by atoms with Crippen molar-refractivity contribution in [3.05, 3.63) is 132 Å². The molecule has 4 heteroatoms. The van der Waals surface area contributed by atoms with Crippen LogP contribution in [0.25, 0.3) is 0 Å². The Morgan fingerprint density at radius 3 is 1.51 bits per heavy atom. The zero-order valence-corrected chi connectivity index (χ0v) is 22.0. The second-order valence-electron chi connectivity index (χ2n) is 10.7.